The lowest BCUT2D eigenvalue weighted by molar-refractivity contribution is 0.253. The molecule has 0 heterocycles. The molecule has 0 saturated heterocycles. The summed E-state index contributed by atoms with van der Waals surface area (Å²) >= 11 is 0. The van der Waals surface area contributed by atoms with Crippen molar-refractivity contribution in [3.05, 3.63) is 65.2 Å². The lowest BCUT2D eigenvalue weighted by atomic mass is 10.1. The van der Waals surface area contributed by atoms with Crippen molar-refractivity contribution in [3.63, 3.8) is 0 Å². The molecule has 0 saturated carbocycles. The number of nitrogens with two attached hydrogens (primary N) is 1. The predicted octanol–water partition coefficient (Wildman–Crippen LogP) is 3.33. The van der Waals surface area contributed by atoms with Crippen LogP contribution in [0.2, 0.25) is 0 Å². The molecule has 3 nitrogen and oxygen atoms in total. The molecule has 0 radical (unpaired) electrons. The molecule has 0 fully saturated rings. The van der Waals surface area contributed by atoms with E-state index in [1.54, 1.807) is 0 Å². The van der Waals surface area contributed by atoms with Crippen LogP contribution in [0.5, 0.6) is 0 Å². The maximum absolute atomic E-state index is 8.93. The van der Waals surface area contributed by atoms with Gasteiger partial charge in [0.1, 0.15) is 0 Å². The average molecular weight is 265 g/mol. The van der Waals surface area contributed by atoms with Gasteiger partial charge in [0.05, 0.1) is 11.6 Å². The van der Waals surface area contributed by atoms with Crippen LogP contribution in [0, 0.1) is 11.3 Å². The number of nitrogens with zero attached hydrogens (tertiary/aromatic N) is 2. The molecule has 2 aromatic carbocycles. The van der Waals surface area contributed by atoms with Gasteiger partial charge >= 0.3 is 0 Å². The van der Waals surface area contributed by atoms with Crippen molar-refractivity contribution in [2.24, 2.45) is 0 Å². The Kier molecular flexibility index (Phi) is 4.39. The minimum absolute atomic E-state index is 0.293. The molecule has 2 aromatic rings. The number of nitrogen functional groups attached to an aromatic ring is 1. The first-order valence-corrected chi connectivity index (χ1v) is 6.65. The SMILES string of the molecule is CC(c1ccc(N)cc1)N(C)Cc1cccc(C#N)c1. The molecular formula is C17H19N3. The molecule has 0 aliphatic rings. The average Bonchev–Trinajstić information content (AvgIpc) is 2.47. The van der Waals surface area contributed by atoms with E-state index in [0.29, 0.717) is 11.6 Å². The maximum Gasteiger partial charge on any atom is 0.0991 e. The number of hydrogen-bond acceptors (Lipinski definition) is 3. The Morgan fingerprint density at radius 1 is 1.20 bits per heavy atom. The van der Waals surface area contributed by atoms with Crippen LogP contribution in [-0.4, -0.2) is 11.9 Å². The Bertz CT molecular complexity index is 611. The summed E-state index contributed by atoms with van der Waals surface area (Å²) in [6, 6.07) is 18.2. The molecule has 2 rings (SSSR count). The number of benzene rings is 2. The van der Waals surface area contributed by atoms with Crippen molar-refractivity contribution >= 4 is 5.69 Å². The van der Waals surface area contributed by atoms with Crippen LogP contribution in [0.4, 0.5) is 5.69 Å². The lowest BCUT2D eigenvalue weighted by Gasteiger charge is -2.25. The second-order valence-electron chi connectivity index (χ2n) is 5.07. The fraction of sp³-hybridized carbons (Fsp3) is 0.235. The van der Waals surface area contributed by atoms with Crippen LogP contribution < -0.4 is 5.73 Å². The molecular weight excluding hydrogens is 246 g/mol. The van der Waals surface area contributed by atoms with Crippen molar-refractivity contribution in [1.29, 1.82) is 5.26 Å². The second kappa shape index (κ2) is 6.23. The Hall–Kier alpha value is -2.31. The van der Waals surface area contributed by atoms with Gasteiger partial charge in [-0.2, -0.15) is 5.26 Å². The predicted molar refractivity (Wildman–Crippen MR) is 81.9 cm³/mol. The minimum atomic E-state index is 0.293. The van der Waals surface area contributed by atoms with E-state index in [9.17, 15) is 0 Å². The van der Waals surface area contributed by atoms with Crippen molar-refractivity contribution in [1.82, 2.24) is 4.90 Å². The van der Waals surface area contributed by atoms with E-state index in [1.807, 2.05) is 36.4 Å². The highest BCUT2D eigenvalue weighted by molar-refractivity contribution is 5.40. The summed E-state index contributed by atoms with van der Waals surface area (Å²) < 4.78 is 0. The van der Waals surface area contributed by atoms with Gasteiger partial charge in [-0.15, -0.1) is 0 Å². The quantitative estimate of drug-likeness (QED) is 0.863. The van der Waals surface area contributed by atoms with E-state index in [1.165, 1.54) is 5.56 Å². The fourth-order valence-corrected chi connectivity index (χ4v) is 2.19. The molecule has 0 amide bonds. The van der Waals surface area contributed by atoms with E-state index >= 15 is 0 Å². The van der Waals surface area contributed by atoms with Crippen LogP contribution in [0.15, 0.2) is 48.5 Å². The first-order valence-electron chi connectivity index (χ1n) is 6.65. The van der Waals surface area contributed by atoms with E-state index in [-0.39, 0.29) is 0 Å². The largest absolute Gasteiger partial charge is 0.399 e. The van der Waals surface area contributed by atoms with E-state index in [0.717, 1.165) is 17.8 Å². The summed E-state index contributed by atoms with van der Waals surface area (Å²) in [4.78, 5) is 2.25. The normalized spacial score (nSPS) is 12.1. The van der Waals surface area contributed by atoms with Gasteiger partial charge in [0, 0.05) is 18.3 Å². The van der Waals surface area contributed by atoms with Gasteiger partial charge in [-0.25, -0.2) is 0 Å². The zero-order chi connectivity index (χ0) is 14.5. The van der Waals surface area contributed by atoms with Crippen LogP contribution in [0.1, 0.15) is 29.7 Å². The van der Waals surface area contributed by atoms with E-state index in [4.69, 9.17) is 11.0 Å². The third-order valence-corrected chi connectivity index (χ3v) is 3.57. The van der Waals surface area contributed by atoms with Crippen LogP contribution in [-0.2, 0) is 6.54 Å². The number of nitriles is 1. The Labute approximate surface area is 120 Å². The molecule has 2 N–H and O–H groups in total. The van der Waals surface area contributed by atoms with E-state index in [2.05, 4.69) is 37.1 Å². The monoisotopic (exact) mass is 265 g/mol. The Balaban J connectivity index is 2.09. The summed E-state index contributed by atoms with van der Waals surface area (Å²) in [6.45, 7) is 2.97. The first-order chi connectivity index (χ1) is 9.60. The van der Waals surface area contributed by atoms with Gasteiger partial charge in [-0.1, -0.05) is 24.3 Å². The standard InChI is InChI=1S/C17H19N3/c1-13(16-6-8-17(19)9-7-16)20(2)12-15-5-3-4-14(10-15)11-18/h3-10,13H,12,19H2,1-2H3. The maximum atomic E-state index is 8.93. The molecule has 102 valence electrons. The van der Waals surface area contributed by atoms with Crippen molar-refractivity contribution < 1.29 is 0 Å². The smallest absolute Gasteiger partial charge is 0.0991 e. The van der Waals surface area contributed by atoms with Gasteiger partial charge in [-0.3, -0.25) is 4.90 Å². The highest BCUT2D eigenvalue weighted by atomic mass is 15.1. The zero-order valence-electron chi connectivity index (χ0n) is 11.9. The van der Waals surface area contributed by atoms with Crippen LogP contribution >= 0.6 is 0 Å². The molecule has 0 spiro atoms. The molecule has 0 aliphatic heterocycles. The first kappa shape index (κ1) is 14.1. The lowest BCUT2D eigenvalue weighted by Crippen LogP contribution is -2.21. The summed E-state index contributed by atoms with van der Waals surface area (Å²) in [7, 11) is 2.08. The van der Waals surface area contributed by atoms with Crippen molar-refractivity contribution in [2.75, 3.05) is 12.8 Å². The molecule has 0 bridgehead atoms. The molecule has 0 aliphatic carbocycles. The van der Waals surface area contributed by atoms with Gasteiger partial charge in [0.2, 0.25) is 0 Å². The highest BCUT2D eigenvalue weighted by Crippen LogP contribution is 2.21. The van der Waals surface area contributed by atoms with E-state index < -0.39 is 0 Å². The molecule has 3 heteroatoms. The van der Waals surface area contributed by atoms with Crippen LogP contribution in [0.3, 0.4) is 0 Å². The van der Waals surface area contributed by atoms with Crippen LogP contribution in [0.25, 0.3) is 0 Å². The molecule has 0 aromatic heterocycles. The van der Waals surface area contributed by atoms with Gasteiger partial charge in [-0.05, 0) is 49.4 Å². The molecule has 20 heavy (non-hydrogen) atoms. The summed E-state index contributed by atoms with van der Waals surface area (Å²) in [5, 5.41) is 8.93. The van der Waals surface area contributed by atoms with Gasteiger partial charge in [0.25, 0.3) is 0 Å². The third kappa shape index (κ3) is 3.37. The fourth-order valence-electron chi connectivity index (χ4n) is 2.19. The summed E-state index contributed by atoms with van der Waals surface area (Å²) in [6.07, 6.45) is 0. The second-order valence-corrected chi connectivity index (χ2v) is 5.07. The molecule has 1 atom stereocenters. The third-order valence-electron chi connectivity index (χ3n) is 3.57. The topological polar surface area (TPSA) is 53.0 Å². The summed E-state index contributed by atoms with van der Waals surface area (Å²) in [5.74, 6) is 0. The minimum Gasteiger partial charge on any atom is -0.399 e. The number of anilines is 1. The Morgan fingerprint density at radius 3 is 2.55 bits per heavy atom. The highest BCUT2D eigenvalue weighted by Gasteiger charge is 2.12. The number of hydrogen-bond donors (Lipinski definition) is 1. The Morgan fingerprint density at radius 2 is 1.90 bits per heavy atom. The summed E-state index contributed by atoms with van der Waals surface area (Å²) in [5.41, 5.74) is 9.58. The van der Waals surface area contributed by atoms with Gasteiger partial charge in [0.15, 0.2) is 0 Å². The van der Waals surface area contributed by atoms with Crippen molar-refractivity contribution in [2.45, 2.75) is 19.5 Å². The zero-order valence-corrected chi connectivity index (χ0v) is 11.9. The number of rotatable bonds is 4. The molecule has 1 unspecified atom stereocenters. The van der Waals surface area contributed by atoms with Crippen molar-refractivity contribution in [3.8, 4) is 6.07 Å². The van der Waals surface area contributed by atoms with Gasteiger partial charge < -0.3 is 5.73 Å².